The number of rotatable bonds is 4. The second-order valence-electron chi connectivity index (χ2n) is 6.70. The van der Waals surface area contributed by atoms with Crippen LogP contribution in [0.5, 0.6) is 5.75 Å². The molecule has 0 aromatic heterocycles. The number of amides is 2. The van der Waals surface area contributed by atoms with E-state index in [0.29, 0.717) is 10.5 Å². The van der Waals surface area contributed by atoms with Gasteiger partial charge in [-0.2, -0.15) is 4.58 Å². The minimum Gasteiger partial charge on any atom is -0.497 e. The Kier molecular flexibility index (Phi) is 5.65. The normalized spacial score (nSPS) is 20.6. The van der Waals surface area contributed by atoms with Crippen LogP contribution >= 0.6 is 11.8 Å². The molecule has 5 nitrogen and oxygen atoms in total. The molecule has 2 amide bonds. The van der Waals surface area contributed by atoms with Crippen LogP contribution < -0.4 is 10.1 Å². The molecule has 1 unspecified atom stereocenters. The van der Waals surface area contributed by atoms with Crippen LogP contribution in [0.3, 0.4) is 0 Å². The van der Waals surface area contributed by atoms with Crippen molar-refractivity contribution >= 4 is 35.4 Å². The van der Waals surface area contributed by atoms with Crippen molar-refractivity contribution in [2.24, 2.45) is 0 Å². The van der Waals surface area contributed by atoms with E-state index in [2.05, 4.69) is 5.32 Å². The van der Waals surface area contributed by atoms with Crippen molar-refractivity contribution in [3.63, 3.8) is 0 Å². The van der Waals surface area contributed by atoms with Crippen LogP contribution in [0.1, 0.15) is 19.4 Å². The number of benzene rings is 1. The molecule has 0 spiro atoms. The predicted octanol–water partition coefficient (Wildman–Crippen LogP) is 2.78. The van der Waals surface area contributed by atoms with Crippen LogP contribution in [-0.4, -0.2) is 47.6 Å². The number of hydrogen-bond acceptors (Lipinski definition) is 4. The van der Waals surface area contributed by atoms with Gasteiger partial charge in [-0.25, -0.2) is 4.79 Å². The Balaban J connectivity index is 1.91. The first kappa shape index (κ1) is 19.2. The van der Waals surface area contributed by atoms with Gasteiger partial charge in [0.1, 0.15) is 23.0 Å². The number of likely N-dealkylation sites (N-methyl/N-ethyl adjacent to an activating group) is 1. The van der Waals surface area contributed by atoms with Crippen molar-refractivity contribution in [3.05, 3.63) is 58.5 Å². The maximum absolute atomic E-state index is 12.8. The molecular formula is C21H23N2O3S+. The summed E-state index contributed by atoms with van der Waals surface area (Å²) in [6, 6.07) is 7.66. The molecule has 1 atom stereocenters. The molecule has 140 valence electrons. The molecule has 1 heterocycles. The minimum atomic E-state index is -0.129. The average molecular weight is 383 g/mol. The Labute approximate surface area is 163 Å². The lowest BCUT2D eigenvalue weighted by molar-refractivity contribution is -0.413. The van der Waals surface area contributed by atoms with Gasteiger partial charge in [-0.3, -0.25) is 4.79 Å². The van der Waals surface area contributed by atoms with Crippen LogP contribution in [0, 0.1) is 0 Å². The minimum absolute atomic E-state index is 0.000146. The van der Waals surface area contributed by atoms with Crippen LogP contribution in [0.4, 0.5) is 0 Å². The summed E-state index contributed by atoms with van der Waals surface area (Å²) in [5.74, 6) is 0.541. The zero-order chi connectivity index (χ0) is 19.6. The van der Waals surface area contributed by atoms with E-state index in [4.69, 9.17) is 4.74 Å². The summed E-state index contributed by atoms with van der Waals surface area (Å²) < 4.78 is 6.87. The Morgan fingerprint density at radius 2 is 2.15 bits per heavy atom. The number of thioether (sulfide) groups is 1. The molecule has 0 bridgehead atoms. The molecule has 1 aromatic carbocycles. The summed E-state index contributed by atoms with van der Waals surface area (Å²) in [6.45, 7) is 3.84. The van der Waals surface area contributed by atoms with Crippen molar-refractivity contribution in [2.75, 3.05) is 14.2 Å². The summed E-state index contributed by atoms with van der Waals surface area (Å²) in [5, 5.41) is 2.88. The molecule has 0 saturated heterocycles. The van der Waals surface area contributed by atoms with Crippen molar-refractivity contribution < 1.29 is 18.9 Å². The number of methoxy groups -OCH3 is 1. The molecule has 1 aromatic rings. The number of nitrogens with one attached hydrogen (secondary N) is 1. The number of carbonyl (C=O) groups is 2. The fraction of sp³-hybridized carbons (Fsp3) is 0.286. The number of ether oxygens (including phenoxy) is 1. The van der Waals surface area contributed by atoms with Crippen LogP contribution in [0.25, 0.3) is 6.08 Å². The maximum Gasteiger partial charge on any atom is 0.425 e. The largest absolute Gasteiger partial charge is 0.497 e. The third kappa shape index (κ3) is 4.22. The van der Waals surface area contributed by atoms with E-state index in [0.717, 1.165) is 17.0 Å². The number of hydrogen-bond donors (Lipinski definition) is 1. The highest BCUT2D eigenvalue weighted by atomic mass is 32.2. The van der Waals surface area contributed by atoms with Gasteiger partial charge in [0.15, 0.2) is 0 Å². The van der Waals surface area contributed by atoms with Crippen LogP contribution in [0.2, 0.25) is 0 Å². The zero-order valence-corrected chi connectivity index (χ0v) is 16.7. The smallest absolute Gasteiger partial charge is 0.425 e. The molecule has 1 aliphatic heterocycles. The number of carbonyl (C=O) groups excluding carboxylic acids is 2. The lowest BCUT2D eigenvalue weighted by atomic mass is 10.0. The van der Waals surface area contributed by atoms with E-state index in [1.54, 1.807) is 24.8 Å². The van der Waals surface area contributed by atoms with E-state index in [9.17, 15) is 9.59 Å². The highest BCUT2D eigenvalue weighted by Crippen LogP contribution is 2.33. The van der Waals surface area contributed by atoms with Gasteiger partial charge in [0, 0.05) is 17.7 Å². The van der Waals surface area contributed by atoms with Gasteiger partial charge in [-0.1, -0.05) is 36.0 Å². The fourth-order valence-electron chi connectivity index (χ4n) is 2.90. The molecule has 1 N–H and O–H groups in total. The number of allylic oxidation sites excluding steroid dienone is 1. The summed E-state index contributed by atoms with van der Waals surface area (Å²) >= 11 is 1.49. The summed E-state index contributed by atoms with van der Waals surface area (Å²) in [5.41, 5.74) is 2.30. The van der Waals surface area contributed by atoms with Gasteiger partial charge in [-0.15, -0.1) is 0 Å². The van der Waals surface area contributed by atoms with Crippen molar-refractivity contribution in [3.8, 4) is 5.75 Å². The lowest BCUT2D eigenvalue weighted by Crippen LogP contribution is -2.38. The number of nitrogens with zero attached hydrogens (tertiary/aromatic N) is 1. The number of fused-ring (bicyclic) bond motifs is 1. The highest BCUT2D eigenvalue weighted by molar-refractivity contribution is 8.05. The Morgan fingerprint density at radius 1 is 1.37 bits per heavy atom. The van der Waals surface area contributed by atoms with E-state index in [1.807, 2.05) is 56.3 Å². The Bertz CT molecular complexity index is 910. The first-order valence-electron chi connectivity index (χ1n) is 8.77. The third-order valence-corrected chi connectivity index (χ3v) is 5.47. The second-order valence-corrected chi connectivity index (χ2v) is 7.88. The lowest BCUT2D eigenvalue weighted by Gasteiger charge is -2.21. The molecule has 0 fully saturated rings. The monoisotopic (exact) mass is 383 g/mol. The zero-order valence-electron chi connectivity index (χ0n) is 15.9. The SMILES string of the molecule is COc1cccc(/C=C2\SC3C=CC(C(=O)NC(C)C)=CC3=[N+](C)C2=O)c1. The molecule has 27 heavy (non-hydrogen) atoms. The van der Waals surface area contributed by atoms with Gasteiger partial charge in [-0.05, 0) is 37.6 Å². The summed E-state index contributed by atoms with van der Waals surface area (Å²) in [7, 11) is 3.37. The first-order valence-corrected chi connectivity index (χ1v) is 9.65. The van der Waals surface area contributed by atoms with Crippen molar-refractivity contribution in [1.29, 1.82) is 0 Å². The quantitative estimate of drug-likeness (QED) is 0.642. The third-order valence-electron chi connectivity index (χ3n) is 4.28. The highest BCUT2D eigenvalue weighted by Gasteiger charge is 2.38. The molecule has 0 radical (unpaired) electrons. The average Bonchev–Trinajstić information content (AvgIpc) is 2.65. The molecule has 0 saturated carbocycles. The van der Waals surface area contributed by atoms with Gasteiger partial charge in [0.05, 0.1) is 7.11 Å². The van der Waals surface area contributed by atoms with Crippen LogP contribution in [-0.2, 0) is 9.59 Å². The standard InChI is InChI=1S/C21H22N2O3S/c1-13(2)22-20(24)15-8-9-18-17(12-15)23(3)21(25)19(27-18)11-14-6-5-7-16(10-14)26-4/h5-13,18H,1-4H3/p+1/b19-11-. The van der Waals surface area contributed by atoms with Crippen molar-refractivity contribution in [1.82, 2.24) is 5.32 Å². The predicted molar refractivity (Wildman–Crippen MR) is 109 cm³/mol. The van der Waals surface area contributed by atoms with E-state index >= 15 is 0 Å². The van der Waals surface area contributed by atoms with E-state index < -0.39 is 0 Å². The first-order chi connectivity index (χ1) is 12.9. The Morgan fingerprint density at radius 3 is 2.85 bits per heavy atom. The Hall–Kier alpha value is -2.60. The summed E-state index contributed by atoms with van der Waals surface area (Å²) in [6.07, 6.45) is 7.47. The second kappa shape index (κ2) is 7.96. The molecule has 3 rings (SSSR count). The van der Waals surface area contributed by atoms with Gasteiger partial charge in [0.25, 0.3) is 5.91 Å². The van der Waals surface area contributed by atoms with Gasteiger partial charge in [0.2, 0.25) is 5.71 Å². The molecule has 2 aliphatic rings. The van der Waals surface area contributed by atoms with Gasteiger partial charge < -0.3 is 10.1 Å². The maximum atomic E-state index is 12.8. The van der Waals surface area contributed by atoms with E-state index in [-0.39, 0.29) is 23.1 Å². The van der Waals surface area contributed by atoms with Gasteiger partial charge >= 0.3 is 5.91 Å². The van der Waals surface area contributed by atoms with Crippen molar-refractivity contribution in [2.45, 2.75) is 25.1 Å². The molecular weight excluding hydrogens is 360 g/mol. The summed E-state index contributed by atoms with van der Waals surface area (Å²) in [4.78, 5) is 25.7. The molecule has 1 aliphatic carbocycles. The molecule has 6 heteroatoms. The fourth-order valence-corrected chi connectivity index (χ4v) is 4.12. The topological polar surface area (TPSA) is 58.4 Å². The van der Waals surface area contributed by atoms with E-state index in [1.165, 1.54) is 11.8 Å². The van der Waals surface area contributed by atoms with Crippen LogP contribution in [0.15, 0.2) is 53.0 Å².